The van der Waals surface area contributed by atoms with Crippen molar-refractivity contribution in [3.05, 3.63) is 30.1 Å². The molecule has 1 aromatic heterocycles. The molecule has 0 radical (unpaired) electrons. The van der Waals surface area contributed by atoms with E-state index in [-0.39, 0.29) is 12.1 Å². The van der Waals surface area contributed by atoms with Crippen LogP contribution in [0.1, 0.15) is 26.5 Å². The summed E-state index contributed by atoms with van der Waals surface area (Å²) >= 11 is 0. The molecule has 1 aromatic rings. The second-order valence-electron chi connectivity index (χ2n) is 6.43. The Labute approximate surface area is 136 Å². The van der Waals surface area contributed by atoms with Crippen molar-refractivity contribution in [1.29, 1.82) is 0 Å². The molecule has 126 valence electrons. The zero-order valence-electron chi connectivity index (χ0n) is 13.9. The molecule has 0 aromatic carbocycles. The molecule has 1 N–H and O–H groups in total. The van der Waals surface area contributed by atoms with Crippen LogP contribution < -0.4 is 5.32 Å². The predicted octanol–water partition coefficient (Wildman–Crippen LogP) is 1.84. The second-order valence-corrected chi connectivity index (χ2v) is 6.43. The molecular formula is C16H24N4O3. The van der Waals surface area contributed by atoms with E-state index in [2.05, 4.69) is 10.3 Å². The molecule has 23 heavy (non-hydrogen) atoms. The van der Waals surface area contributed by atoms with Crippen LogP contribution >= 0.6 is 0 Å². The van der Waals surface area contributed by atoms with Gasteiger partial charge in [0, 0.05) is 32.4 Å². The summed E-state index contributed by atoms with van der Waals surface area (Å²) in [6.45, 7) is 7.86. The van der Waals surface area contributed by atoms with Crippen LogP contribution in [-0.4, -0.2) is 58.7 Å². The third-order valence-electron chi connectivity index (χ3n) is 3.37. The first-order valence-corrected chi connectivity index (χ1v) is 7.76. The third kappa shape index (κ3) is 5.43. The van der Waals surface area contributed by atoms with Crippen LogP contribution in [0.25, 0.3) is 0 Å². The molecule has 1 aliphatic rings. The molecule has 0 aliphatic carbocycles. The summed E-state index contributed by atoms with van der Waals surface area (Å²) in [5.74, 6) is 0. The molecule has 1 aliphatic heterocycles. The van der Waals surface area contributed by atoms with Crippen molar-refractivity contribution in [2.45, 2.75) is 32.9 Å². The zero-order chi connectivity index (χ0) is 16.9. The quantitative estimate of drug-likeness (QED) is 0.902. The van der Waals surface area contributed by atoms with Gasteiger partial charge in [0.2, 0.25) is 0 Å². The maximum Gasteiger partial charge on any atom is 0.410 e. The van der Waals surface area contributed by atoms with E-state index in [4.69, 9.17) is 4.74 Å². The van der Waals surface area contributed by atoms with Crippen molar-refractivity contribution in [2.75, 3.05) is 26.2 Å². The molecule has 1 fully saturated rings. The van der Waals surface area contributed by atoms with Crippen LogP contribution in [-0.2, 0) is 11.3 Å². The Morgan fingerprint density at radius 1 is 1.17 bits per heavy atom. The smallest absolute Gasteiger partial charge is 0.410 e. The minimum Gasteiger partial charge on any atom is -0.444 e. The number of aromatic nitrogens is 1. The number of pyridine rings is 1. The molecular weight excluding hydrogens is 296 g/mol. The Kier molecular flexibility index (Phi) is 5.41. The minimum absolute atomic E-state index is 0.139. The summed E-state index contributed by atoms with van der Waals surface area (Å²) in [6, 6.07) is 5.44. The Bertz CT molecular complexity index is 534. The lowest BCUT2D eigenvalue weighted by atomic mass is 10.2. The summed E-state index contributed by atoms with van der Waals surface area (Å²) < 4.78 is 5.34. The van der Waals surface area contributed by atoms with E-state index in [0.29, 0.717) is 32.7 Å². The number of carbonyl (C=O) groups is 2. The Morgan fingerprint density at radius 3 is 2.39 bits per heavy atom. The van der Waals surface area contributed by atoms with Gasteiger partial charge in [-0.1, -0.05) is 6.07 Å². The summed E-state index contributed by atoms with van der Waals surface area (Å²) in [4.78, 5) is 31.6. The van der Waals surface area contributed by atoms with Crippen molar-refractivity contribution in [3.8, 4) is 0 Å². The number of hydrogen-bond acceptors (Lipinski definition) is 4. The lowest BCUT2D eigenvalue weighted by Crippen LogP contribution is -2.53. The van der Waals surface area contributed by atoms with Gasteiger partial charge in [0.25, 0.3) is 0 Å². The Balaban J connectivity index is 1.75. The Morgan fingerprint density at radius 2 is 1.83 bits per heavy atom. The summed E-state index contributed by atoms with van der Waals surface area (Å²) in [5, 5.41) is 2.84. The number of amides is 3. The van der Waals surface area contributed by atoms with Gasteiger partial charge >= 0.3 is 12.1 Å². The third-order valence-corrected chi connectivity index (χ3v) is 3.37. The fourth-order valence-electron chi connectivity index (χ4n) is 2.20. The van der Waals surface area contributed by atoms with Gasteiger partial charge in [-0.05, 0) is 32.9 Å². The molecule has 0 atom stereocenters. The number of nitrogens with zero attached hydrogens (tertiary/aromatic N) is 3. The van der Waals surface area contributed by atoms with Crippen molar-refractivity contribution in [2.24, 2.45) is 0 Å². The number of ether oxygens (including phenoxy) is 1. The van der Waals surface area contributed by atoms with Crippen LogP contribution in [0.4, 0.5) is 9.59 Å². The highest BCUT2D eigenvalue weighted by Crippen LogP contribution is 2.12. The lowest BCUT2D eigenvalue weighted by Gasteiger charge is -2.35. The van der Waals surface area contributed by atoms with Crippen LogP contribution in [0.5, 0.6) is 0 Å². The van der Waals surface area contributed by atoms with Crippen molar-refractivity contribution in [1.82, 2.24) is 20.1 Å². The fraction of sp³-hybridized carbons (Fsp3) is 0.562. The van der Waals surface area contributed by atoms with Gasteiger partial charge in [-0.25, -0.2) is 9.59 Å². The number of hydrogen-bond donors (Lipinski definition) is 1. The Hall–Kier alpha value is -2.31. The average molecular weight is 320 g/mol. The van der Waals surface area contributed by atoms with Gasteiger partial charge < -0.3 is 19.9 Å². The van der Waals surface area contributed by atoms with Gasteiger partial charge in [0.15, 0.2) is 0 Å². The van der Waals surface area contributed by atoms with Crippen LogP contribution in [0, 0.1) is 0 Å². The van der Waals surface area contributed by atoms with Crippen LogP contribution in [0.3, 0.4) is 0 Å². The molecule has 7 nitrogen and oxygen atoms in total. The van der Waals surface area contributed by atoms with Crippen molar-refractivity contribution < 1.29 is 14.3 Å². The monoisotopic (exact) mass is 320 g/mol. The van der Waals surface area contributed by atoms with E-state index < -0.39 is 5.60 Å². The topological polar surface area (TPSA) is 74.8 Å². The first-order valence-electron chi connectivity index (χ1n) is 7.76. The fourth-order valence-corrected chi connectivity index (χ4v) is 2.20. The summed E-state index contributed by atoms with van der Waals surface area (Å²) in [5.41, 5.74) is 0.308. The number of rotatable bonds is 2. The molecule has 2 rings (SSSR count). The molecule has 0 bridgehead atoms. The lowest BCUT2D eigenvalue weighted by molar-refractivity contribution is 0.0170. The van der Waals surface area contributed by atoms with E-state index in [1.807, 2.05) is 39.0 Å². The molecule has 0 unspecified atom stereocenters. The van der Waals surface area contributed by atoms with Crippen LogP contribution in [0.15, 0.2) is 24.4 Å². The summed E-state index contributed by atoms with van der Waals surface area (Å²) in [7, 11) is 0. The number of nitrogens with one attached hydrogen (secondary N) is 1. The molecule has 7 heteroatoms. The van der Waals surface area contributed by atoms with E-state index in [0.717, 1.165) is 5.69 Å². The molecule has 3 amide bonds. The highest BCUT2D eigenvalue weighted by atomic mass is 16.6. The van der Waals surface area contributed by atoms with E-state index in [1.165, 1.54) is 0 Å². The van der Waals surface area contributed by atoms with Crippen molar-refractivity contribution in [3.63, 3.8) is 0 Å². The first kappa shape index (κ1) is 17.1. The van der Waals surface area contributed by atoms with Gasteiger partial charge in [-0.2, -0.15) is 0 Å². The zero-order valence-corrected chi connectivity index (χ0v) is 13.9. The van der Waals surface area contributed by atoms with Gasteiger partial charge in [0.05, 0.1) is 12.2 Å². The molecule has 2 heterocycles. The van der Waals surface area contributed by atoms with E-state index in [9.17, 15) is 9.59 Å². The highest BCUT2D eigenvalue weighted by Gasteiger charge is 2.27. The SMILES string of the molecule is CC(C)(C)OC(=O)N1CCN(C(=O)NCc2ccccn2)CC1. The molecule has 1 saturated heterocycles. The maximum absolute atomic E-state index is 12.1. The summed E-state index contributed by atoms with van der Waals surface area (Å²) in [6.07, 6.45) is 1.37. The van der Waals surface area contributed by atoms with Crippen molar-refractivity contribution >= 4 is 12.1 Å². The predicted molar refractivity (Wildman–Crippen MR) is 85.9 cm³/mol. The number of piperazine rings is 1. The normalized spacial score (nSPS) is 15.3. The standard InChI is InChI=1S/C16H24N4O3/c1-16(2,3)23-15(22)20-10-8-19(9-11-20)14(21)18-12-13-6-4-5-7-17-13/h4-7H,8-12H2,1-3H3,(H,18,21). The van der Waals surface area contributed by atoms with Gasteiger partial charge in [-0.3, -0.25) is 4.98 Å². The first-order chi connectivity index (χ1) is 10.8. The van der Waals surface area contributed by atoms with E-state index >= 15 is 0 Å². The molecule has 0 spiro atoms. The maximum atomic E-state index is 12.1. The largest absolute Gasteiger partial charge is 0.444 e. The van der Waals surface area contributed by atoms with Gasteiger partial charge in [-0.15, -0.1) is 0 Å². The number of urea groups is 1. The second kappa shape index (κ2) is 7.30. The minimum atomic E-state index is -0.506. The van der Waals surface area contributed by atoms with Gasteiger partial charge in [0.1, 0.15) is 5.60 Å². The number of carbonyl (C=O) groups excluding carboxylic acids is 2. The van der Waals surface area contributed by atoms with E-state index in [1.54, 1.807) is 16.0 Å². The average Bonchev–Trinajstić information content (AvgIpc) is 2.52. The highest BCUT2D eigenvalue weighted by molar-refractivity contribution is 5.75. The molecule has 0 saturated carbocycles. The van der Waals surface area contributed by atoms with Crippen LogP contribution in [0.2, 0.25) is 0 Å².